The molecular weight excluding hydrogens is 618 g/mol. The minimum Gasteiger partial charge on any atom is -0.354 e. The summed E-state index contributed by atoms with van der Waals surface area (Å²) in [5.41, 5.74) is 4.55. The van der Waals surface area contributed by atoms with Gasteiger partial charge < -0.3 is 10.2 Å². The van der Waals surface area contributed by atoms with Crippen molar-refractivity contribution >= 4 is 39.1 Å². The molecule has 2 amide bonds. The fraction of sp³-hybridized carbons (Fsp3) is 0.297. The molecule has 0 bridgehead atoms. The largest absolute Gasteiger partial charge is 0.354 e. The van der Waals surface area contributed by atoms with E-state index in [1.54, 1.807) is 37.3 Å². The number of amides is 2. The highest BCUT2D eigenvalue weighted by atomic mass is 35.5. The van der Waals surface area contributed by atoms with Gasteiger partial charge >= 0.3 is 0 Å². The Morgan fingerprint density at radius 2 is 1.48 bits per heavy atom. The lowest BCUT2D eigenvalue weighted by atomic mass is 10.0. The Balaban J connectivity index is 1.82. The predicted molar refractivity (Wildman–Crippen MR) is 185 cm³/mol. The minimum absolute atomic E-state index is 0.0565. The fourth-order valence-corrected chi connectivity index (χ4v) is 6.94. The zero-order chi connectivity index (χ0) is 33.4. The fourth-order valence-electron chi connectivity index (χ4n) is 5.23. The van der Waals surface area contributed by atoms with Crippen LogP contribution in [0.5, 0.6) is 0 Å². The predicted octanol–water partition coefficient (Wildman–Crippen LogP) is 6.87. The number of nitrogens with zero attached hydrogens (tertiary/aromatic N) is 2. The average Bonchev–Trinajstić information content (AvgIpc) is 3.01. The van der Waals surface area contributed by atoms with Crippen LogP contribution in [-0.4, -0.2) is 44.3 Å². The first-order valence-corrected chi connectivity index (χ1v) is 17.2. The standard InChI is InChI=1S/C37H42ClN3O4S/c1-26(2)23-39-37(43)35(22-30-11-7-6-8-12-30)40(24-31-13-9-10-28(4)20-31)36(42)25-41(34-19-16-32(38)21-29(34)5)46(44,45)33-17-14-27(3)15-18-33/h6-21,26,35H,22-25H2,1-5H3,(H,39,43)/t35-/m0/s1. The maximum absolute atomic E-state index is 14.6. The van der Waals surface area contributed by atoms with Gasteiger partial charge in [0.1, 0.15) is 12.6 Å². The molecule has 9 heteroatoms. The second kappa shape index (κ2) is 15.4. The van der Waals surface area contributed by atoms with Crippen molar-refractivity contribution in [3.8, 4) is 0 Å². The topological polar surface area (TPSA) is 86.8 Å². The maximum Gasteiger partial charge on any atom is 0.264 e. The lowest BCUT2D eigenvalue weighted by Crippen LogP contribution is -2.53. The summed E-state index contributed by atoms with van der Waals surface area (Å²) in [6, 6.07) is 27.8. The third kappa shape index (κ3) is 8.98. The van der Waals surface area contributed by atoms with Crippen LogP contribution in [0, 0.1) is 26.7 Å². The number of hydrogen-bond acceptors (Lipinski definition) is 4. The van der Waals surface area contributed by atoms with Gasteiger partial charge in [-0.1, -0.05) is 103 Å². The van der Waals surface area contributed by atoms with Crippen molar-refractivity contribution < 1.29 is 18.0 Å². The number of anilines is 1. The van der Waals surface area contributed by atoms with E-state index in [4.69, 9.17) is 11.6 Å². The second-order valence-electron chi connectivity index (χ2n) is 12.1. The Labute approximate surface area is 278 Å². The van der Waals surface area contributed by atoms with Crippen LogP contribution in [0.3, 0.4) is 0 Å². The van der Waals surface area contributed by atoms with Gasteiger partial charge in [-0.3, -0.25) is 13.9 Å². The molecule has 4 aromatic rings. The maximum atomic E-state index is 14.6. The van der Waals surface area contributed by atoms with E-state index in [-0.39, 0.29) is 29.7 Å². The molecule has 4 aromatic carbocycles. The zero-order valence-corrected chi connectivity index (χ0v) is 28.6. The first-order valence-electron chi connectivity index (χ1n) is 15.4. The van der Waals surface area contributed by atoms with Crippen molar-refractivity contribution in [1.82, 2.24) is 10.2 Å². The Bertz CT molecular complexity index is 1760. The molecule has 0 saturated heterocycles. The monoisotopic (exact) mass is 659 g/mol. The Hall–Kier alpha value is -4.14. The highest BCUT2D eigenvalue weighted by Gasteiger charge is 2.35. The van der Waals surface area contributed by atoms with Crippen LogP contribution < -0.4 is 9.62 Å². The number of nitrogens with one attached hydrogen (secondary N) is 1. The van der Waals surface area contributed by atoms with E-state index in [1.165, 1.54) is 17.0 Å². The summed E-state index contributed by atoms with van der Waals surface area (Å²) in [5, 5.41) is 3.47. The molecule has 4 rings (SSSR count). The number of carbonyl (C=O) groups excluding carboxylic acids is 2. The molecule has 0 saturated carbocycles. The molecule has 0 aliphatic rings. The smallest absolute Gasteiger partial charge is 0.264 e. The van der Waals surface area contributed by atoms with Crippen LogP contribution in [0.2, 0.25) is 5.02 Å². The van der Waals surface area contributed by atoms with Gasteiger partial charge in [0.25, 0.3) is 10.0 Å². The van der Waals surface area contributed by atoms with Crippen molar-refractivity contribution in [2.45, 2.75) is 58.5 Å². The van der Waals surface area contributed by atoms with Crippen LogP contribution in [0.4, 0.5) is 5.69 Å². The third-order valence-corrected chi connectivity index (χ3v) is 9.72. The first-order chi connectivity index (χ1) is 21.8. The number of carbonyl (C=O) groups is 2. The molecule has 242 valence electrons. The van der Waals surface area contributed by atoms with Crippen molar-refractivity contribution in [2.24, 2.45) is 5.92 Å². The highest BCUT2D eigenvalue weighted by Crippen LogP contribution is 2.30. The SMILES string of the molecule is Cc1ccc(S(=O)(=O)N(CC(=O)N(Cc2cccc(C)c2)[C@@H](Cc2ccccc2)C(=O)NCC(C)C)c2ccc(Cl)cc2C)cc1. The molecule has 0 spiro atoms. The van der Waals surface area contributed by atoms with Crippen molar-refractivity contribution in [3.63, 3.8) is 0 Å². The molecule has 0 aliphatic heterocycles. The third-order valence-electron chi connectivity index (χ3n) is 7.71. The molecule has 1 N–H and O–H groups in total. The summed E-state index contributed by atoms with van der Waals surface area (Å²) in [5.74, 6) is -0.605. The van der Waals surface area contributed by atoms with E-state index in [0.717, 1.165) is 26.6 Å². The van der Waals surface area contributed by atoms with Gasteiger partial charge in [-0.25, -0.2) is 8.42 Å². The average molecular weight is 660 g/mol. The van der Waals surface area contributed by atoms with Crippen LogP contribution in [0.1, 0.15) is 41.7 Å². The summed E-state index contributed by atoms with van der Waals surface area (Å²) in [4.78, 5) is 30.1. The van der Waals surface area contributed by atoms with Crippen LogP contribution >= 0.6 is 11.6 Å². The molecule has 1 atom stereocenters. The molecule has 0 radical (unpaired) electrons. The quantitative estimate of drug-likeness (QED) is 0.170. The number of hydrogen-bond donors (Lipinski definition) is 1. The van der Waals surface area contributed by atoms with E-state index >= 15 is 0 Å². The lowest BCUT2D eigenvalue weighted by Gasteiger charge is -2.34. The number of aryl methyl sites for hydroxylation is 3. The van der Waals surface area contributed by atoms with Gasteiger partial charge in [-0.2, -0.15) is 0 Å². The number of sulfonamides is 1. The molecule has 46 heavy (non-hydrogen) atoms. The number of halogens is 1. The van der Waals surface area contributed by atoms with Gasteiger partial charge in [-0.05, 0) is 73.7 Å². The molecule has 0 aromatic heterocycles. The lowest BCUT2D eigenvalue weighted by molar-refractivity contribution is -0.140. The summed E-state index contributed by atoms with van der Waals surface area (Å²) < 4.78 is 29.6. The zero-order valence-electron chi connectivity index (χ0n) is 27.0. The van der Waals surface area contributed by atoms with Gasteiger partial charge in [0.2, 0.25) is 11.8 Å². The molecule has 0 heterocycles. The molecular formula is C37H42ClN3O4S. The minimum atomic E-state index is -4.20. The van der Waals surface area contributed by atoms with Crippen LogP contribution in [0.25, 0.3) is 0 Å². The van der Waals surface area contributed by atoms with Crippen molar-refractivity contribution in [2.75, 3.05) is 17.4 Å². The van der Waals surface area contributed by atoms with E-state index in [2.05, 4.69) is 5.32 Å². The van der Waals surface area contributed by atoms with E-state index in [1.807, 2.05) is 82.3 Å². The molecule has 7 nitrogen and oxygen atoms in total. The molecule has 0 unspecified atom stereocenters. The Kier molecular flexibility index (Phi) is 11.7. The highest BCUT2D eigenvalue weighted by molar-refractivity contribution is 7.92. The number of benzene rings is 4. The van der Waals surface area contributed by atoms with E-state index in [0.29, 0.717) is 22.8 Å². The number of rotatable bonds is 13. The Morgan fingerprint density at radius 3 is 2.11 bits per heavy atom. The first kappa shape index (κ1) is 34.7. The Morgan fingerprint density at radius 1 is 0.804 bits per heavy atom. The normalized spacial score (nSPS) is 12.1. The summed E-state index contributed by atoms with van der Waals surface area (Å²) in [7, 11) is -4.20. The second-order valence-corrected chi connectivity index (χ2v) is 14.4. The van der Waals surface area contributed by atoms with Crippen molar-refractivity contribution in [1.29, 1.82) is 0 Å². The molecule has 0 aliphatic carbocycles. The summed E-state index contributed by atoms with van der Waals surface area (Å²) in [6.45, 7) is 9.64. The van der Waals surface area contributed by atoms with Gasteiger partial charge in [-0.15, -0.1) is 0 Å². The molecule has 0 fully saturated rings. The van der Waals surface area contributed by atoms with Gasteiger partial charge in [0.05, 0.1) is 10.6 Å². The van der Waals surface area contributed by atoms with Crippen molar-refractivity contribution in [3.05, 3.63) is 130 Å². The van der Waals surface area contributed by atoms with E-state index in [9.17, 15) is 18.0 Å². The summed E-state index contributed by atoms with van der Waals surface area (Å²) in [6.07, 6.45) is 0.257. The van der Waals surface area contributed by atoms with Crippen LogP contribution in [-0.2, 0) is 32.6 Å². The van der Waals surface area contributed by atoms with Gasteiger partial charge in [0, 0.05) is 24.5 Å². The van der Waals surface area contributed by atoms with Gasteiger partial charge in [0.15, 0.2) is 0 Å². The van der Waals surface area contributed by atoms with Crippen LogP contribution in [0.15, 0.2) is 102 Å². The summed E-state index contributed by atoms with van der Waals surface area (Å²) >= 11 is 6.25. The van der Waals surface area contributed by atoms with E-state index < -0.39 is 28.5 Å².